The summed E-state index contributed by atoms with van der Waals surface area (Å²) < 4.78 is 0. The van der Waals surface area contributed by atoms with Crippen LogP contribution in [0, 0.1) is 0 Å². The van der Waals surface area contributed by atoms with Crippen molar-refractivity contribution in [3.8, 4) is 0 Å². The maximum atomic E-state index is 10.9. The van der Waals surface area contributed by atoms with Crippen LogP contribution in [0.25, 0.3) is 0 Å². The minimum Gasteiger partial charge on any atom is -0.352 e. The maximum absolute atomic E-state index is 10.9. The van der Waals surface area contributed by atoms with Crippen LogP contribution >= 0.6 is 0 Å². The molecule has 0 aromatic heterocycles. The van der Waals surface area contributed by atoms with Crippen LogP contribution in [0.15, 0.2) is 0 Å². The highest BCUT2D eigenvalue weighted by Gasteiger charge is 2.11. The summed E-state index contributed by atoms with van der Waals surface area (Å²) in [6, 6.07) is -1.06. The molecule has 1 unspecified atom stereocenters. The van der Waals surface area contributed by atoms with Crippen LogP contribution in [0.1, 0.15) is 19.8 Å². The zero-order valence-electron chi connectivity index (χ0n) is 8.08. The molecule has 0 rings (SSSR count). The summed E-state index contributed by atoms with van der Waals surface area (Å²) >= 11 is 0. The molecule has 0 spiro atoms. The molecule has 0 aliphatic rings. The number of urea groups is 1. The number of hydrogen-bond acceptors (Lipinski definition) is 3. The summed E-state index contributed by atoms with van der Waals surface area (Å²) in [4.78, 5) is 31.3. The Balaban J connectivity index is 3.66. The van der Waals surface area contributed by atoms with E-state index >= 15 is 0 Å². The standard InChI is InChI=1S/C8H15N3O3/c1-6(13)7(11-5-12)3-2-4-10-8(9)14/h5,7H,2-4H2,1H3,(H,11,12)(H3,9,10,14). The Morgan fingerprint density at radius 3 is 2.57 bits per heavy atom. The Kier molecular flexibility index (Phi) is 6.09. The largest absolute Gasteiger partial charge is 0.352 e. The molecule has 0 aromatic carbocycles. The molecular formula is C8H15N3O3. The monoisotopic (exact) mass is 201 g/mol. The van der Waals surface area contributed by atoms with E-state index in [1.54, 1.807) is 0 Å². The third kappa shape index (κ3) is 5.99. The number of hydrogen-bond donors (Lipinski definition) is 3. The third-order valence-electron chi connectivity index (χ3n) is 1.73. The van der Waals surface area contributed by atoms with Gasteiger partial charge >= 0.3 is 6.03 Å². The van der Waals surface area contributed by atoms with Crippen LogP contribution in [0.5, 0.6) is 0 Å². The molecule has 3 amide bonds. The summed E-state index contributed by atoms with van der Waals surface area (Å²) in [5.41, 5.74) is 4.84. The molecule has 1 atom stereocenters. The second-order valence-corrected chi connectivity index (χ2v) is 2.88. The van der Waals surface area contributed by atoms with Gasteiger partial charge in [0.25, 0.3) is 0 Å². The van der Waals surface area contributed by atoms with Crippen molar-refractivity contribution in [2.45, 2.75) is 25.8 Å². The number of nitrogens with one attached hydrogen (secondary N) is 2. The number of nitrogens with two attached hydrogens (primary N) is 1. The van der Waals surface area contributed by atoms with Gasteiger partial charge in [-0.25, -0.2) is 4.79 Å². The average molecular weight is 201 g/mol. The first kappa shape index (κ1) is 12.4. The molecule has 0 fully saturated rings. The zero-order valence-corrected chi connectivity index (χ0v) is 8.08. The summed E-state index contributed by atoms with van der Waals surface area (Å²) in [6.45, 7) is 1.81. The summed E-state index contributed by atoms with van der Waals surface area (Å²) in [5, 5.41) is 4.79. The van der Waals surface area contributed by atoms with Crippen LogP contribution < -0.4 is 16.4 Å². The van der Waals surface area contributed by atoms with Crippen molar-refractivity contribution in [2.24, 2.45) is 5.73 Å². The van der Waals surface area contributed by atoms with E-state index in [0.717, 1.165) is 0 Å². The predicted molar refractivity (Wildman–Crippen MR) is 50.5 cm³/mol. The normalized spacial score (nSPS) is 11.5. The lowest BCUT2D eigenvalue weighted by molar-refractivity contribution is -0.122. The molecule has 6 heteroatoms. The average Bonchev–Trinajstić information content (AvgIpc) is 2.09. The van der Waals surface area contributed by atoms with Crippen molar-refractivity contribution in [2.75, 3.05) is 6.54 Å². The van der Waals surface area contributed by atoms with E-state index in [-0.39, 0.29) is 5.78 Å². The molecule has 6 nitrogen and oxygen atoms in total. The molecule has 0 radical (unpaired) electrons. The number of carbonyl (C=O) groups excluding carboxylic acids is 3. The SMILES string of the molecule is CC(=O)C(CCCNC(N)=O)NC=O. The molecule has 0 aliphatic heterocycles. The summed E-state index contributed by atoms with van der Waals surface area (Å²) in [5.74, 6) is -0.101. The van der Waals surface area contributed by atoms with Crippen molar-refractivity contribution >= 4 is 18.2 Å². The Labute approximate surface area is 82.2 Å². The topological polar surface area (TPSA) is 101 Å². The molecular weight excluding hydrogens is 186 g/mol. The number of rotatable bonds is 7. The van der Waals surface area contributed by atoms with Crippen molar-refractivity contribution in [1.29, 1.82) is 0 Å². The minimum absolute atomic E-state index is 0.101. The van der Waals surface area contributed by atoms with Gasteiger partial charge in [0.1, 0.15) is 0 Å². The first-order valence-corrected chi connectivity index (χ1v) is 4.31. The van der Waals surface area contributed by atoms with Crippen LogP contribution in [0.3, 0.4) is 0 Å². The zero-order chi connectivity index (χ0) is 11.0. The van der Waals surface area contributed by atoms with Crippen LogP contribution in [-0.2, 0) is 9.59 Å². The predicted octanol–water partition coefficient (Wildman–Crippen LogP) is -0.861. The van der Waals surface area contributed by atoms with E-state index in [9.17, 15) is 14.4 Å². The van der Waals surface area contributed by atoms with Crippen molar-refractivity contribution in [3.63, 3.8) is 0 Å². The van der Waals surface area contributed by atoms with E-state index in [0.29, 0.717) is 25.8 Å². The lowest BCUT2D eigenvalue weighted by Gasteiger charge is -2.11. The lowest BCUT2D eigenvalue weighted by Crippen LogP contribution is -2.36. The van der Waals surface area contributed by atoms with Crippen LogP contribution in [0.2, 0.25) is 0 Å². The number of Topliss-reactive ketones (excluding diaryl/α,β-unsaturated/α-hetero) is 1. The highest BCUT2D eigenvalue weighted by atomic mass is 16.2. The number of ketones is 1. The van der Waals surface area contributed by atoms with E-state index in [4.69, 9.17) is 5.73 Å². The second kappa shape index (κ2) is 6.88. The molecule has 0 bridgehead atoms. The summed E-state index contributed by atoms with van der Waals surface area (Å²) in [7, 11) is 0. The summed E-state index contributed by atoms with van der Waals surface area (Å²) in [6.07, 6.45) is 1.58. The van der Waals surface area contributed by atoms with Gasteiger partial charge in [-0.3, -0.25) is 9.59 Å². The fraction of sp³-hybridized carbons (Fsp3) is 0.625. The molecule has 0 heterocycles. The Hall–Kier alpha value is -1.59. The van der Waals surface area contributed by atoms with Gasteiger partial charge < -0.3 is 16.4 Å². The van der Waals surface area contributed by atoms with Crippen molar-refractivity contribution < 1.29 is 14.4 Å². The van der Waals surface area contributed by atoms with E-state index in [2.05, 4.69) is 10.6 Å². The fourth-order valence-corrected chi connectivity index (χ4v) is 1.00. The quantitative estimate of drug-likeness (QED) is 0.369. The third-order valence-corrected chi connectivity index (χ3v) is 1.73. The molecule has 0 saturated heterocycles. The van der Waals surface area contributed by atoms with Crippen molar-refractivity contribution in [3.05, 3.63) is 0 Å². The molecule has 0 saturated carbocycles. The number of carbonyl (C=O) groups is 3. The van der Waals surface area contributed by atoms with E-state index < -0.39 is 12.1 Å². The number of primary amides is 1. The second-order valence-electron chi connectivity index (χ2n) is 2.88. The smallest absolute Gasteiger partial charge is 0.312 e. The highest BCUT2D eigenvalue weighted by Crippen LogP contribution is 1.96. The fourth-order valence-electron chi connectivity index (χ4n) is 1.00. The van der Waals surface area contributed by atoms with Crippen LogP contribution in [-0.4, -0.2) is 30.8 Å². The van der Waals surface area contributed by atoms with Gasteiger partial charge in [-0.05, 0) is 19.8 Å². The van der Waals surface area contributed by atoms with Gasteiger partial charge in [0, 0.05) is 6.54 Å². The van der Waals surface area contributed by atoms with Gasteiger partial charge in [-0.1, -0.05) is 0 Å². The van der Waals surface area contributed by atoms with E-state index in [1.165, 1.54) is 6.92 Å². The molecule has 14 heavy (non-hydrogen) atoms. The van der Waals surface area contributed by atoms with E-state index in [1.807, 2.05) is 0 Å². The van der Waals surface area contributed by atoms with Gasteiger partial charge in [0.05, 0.1) is 6.04 Å². The highest BCUT2D eigenvalue weighted by molar-refractivity contribution is 5.83. The molecule has 4 N–H and O–H groups in total. The minimum atomic E-state index is -0.590. The number of amides is 3. The molecule has 0 aromatic rings. The first-order chi connectivity index (χ1) is 6.57. The Morgan fingerprint density at radius 1 is 1.50 bits per heavy atom. The Bertz CT molecular complexity index is 218. The van der Waals surface area contributed by atoms with Gasteiger partial charge in [-0.2, -0.15) is 0 Å². The van der Waals surface area contributed by atoms with Crippen molar-refractivity contribution in [1.82, 2.24) is 10.6 Å². The lowest BCUT2D eigenvalue weighted by atomic mass is 10.1. The van der Waals surface area contributed by atoms with Gasteiger partial charge in [-0.15, -0.1) is 0 Å². The van der Waals surface area contributed by atoms with Gasteiger partial charge in [0.2, 0.25) is 6.41 Å². The maximum Gasteiger partial charge on any atom is 0.312 e. The first-order valence-electron chi connectivity index (χ1n) is 4.31. The Morgan fingerprint density at radius 2 is 2.14 bits per heavy atom. The molecule has 0 aliphatic carbocycles. The van der Waals surface area contributed by atoms with Crippen LogP contribution in [0.4, 0.5) is 4.79 Å². The molecule has 80 valence electrons. The van der Waals surface area contributed by atoms with Gasteiger partial charge in [0.15, 0.2) is 5.78 Å².